The summed E-state index contributed by atoms with van der Waals surface area (Å²) in [6.45, 7) is 2.01. The number of aromatic nitrogens is 2. The van der Waals surface area contributed by atoms with E-state index < -0.39 is 0 Å². The summed E-state index contributed by atoms with van der Waals surface area (Å²) in [6, 6.07) is 23.6. The number of nitrogens with one attached hydrogen (secondary N) is 2. The van der Waals surface area contributed by atoms with E-state index in [-0.39, 0.29) is 5.91 Å². The van der Waals surface area contributed by atoms with Gasteiger partial charge in [0.25, 0.3) is 5.91 Å². The van der Waals surface area contributed by atoms with Gasteiger partial charge in [-0.25, -0.2) is 9.97 Å². The van der Waals surface area contributed by atoms with Crippen LogP contribution in [0.15, 0.2) is 79.0 Å². The zero-order chi connectivity index (χ0) is 24.2. The van der Waals surface area contributed by atoms with Crippen LogP contribution < -0.4 is 15.5 Å². The summed E-state index contributed by atoms with van der Waals surface area (Å²) in [7, 11) is 4.31. The zero-order valence-corrected chi connectivity index (χ0v) is 20.1. The number of benzene rings is 2. The molecule has 2 N–H and O–H groups in total. The predicted molar refractivity (Wildman–Crippen MR) is 143 cm³/mol. The van der Waals surface area contributed by atoms with Crippen molar-refractivity contribution in [3.8, 4) is 0 Å². The number of anilines is 4. The topological polar surface area (TPSA) is 73.4 Å². The third-order valence-electron chi connectivity index (χ3n) is 6.57. The molecular weight excluding hydrogens is 436 g/mol. The van der Waals surface area contributed by atoms with Crippen LogP contribution in [-0.4, -0.2) is 54.0 Å². The number of rotatable bonds is 6. The quantitative estimate of drug-likeness (QED) is 0.409. The number of hydrogen-bond donors (Lipinski definition) is 2. The van der Waals surface area contributed by atoms with Crippen LogP contribution in [0, 0.1) is 0 Å². The first-order valence-electron chi connectivity index (χ1n) is 12.0. The van der Waals surface area contributed by atoms with Crippen LogP contribution in [0.1, 0.15) is 23.2 Å². The molecule has 1 aliphatic rings. The first-order chi connectivity index (χ1) is 17.1. The highest BCUT2D eigenvalue weighted by Gasteiger charge is 2.21. The summed E-state index contributed by atoms with van der Waals surface area (Å²) in [6.07, 6.45) is 4.07. The normalized spacial score (nSPS) is 14.3. The van der Waals surface area contributed by atoms with Gasteiger partial charge in [0, 0.05) is 47.7 Å². The van der Waals surface area contributed by atoms with Gasteiger partial charge >= 0.3 is 0 Å². The third-order valence-corrected chi connectivity index (χ3v) is 6.57. The van der Waals surface area contributed by atoms with E-state index in [1.807, 2.05) is 48.5 Å². The molecule has 1 saturated heterocycles. The lowest BCUT2D eigenvalue weighted by Gasteiger charge is -2.35. The lowest BCUT2D eigenvalue weighted by atomic mass is 10.0. The van der Waals surface area contributed by atoms with Gasteiger partial charge in [0.1, 0.15) is 5.82 Å². The van der Waals surface area contributed by atoms with E-state index in [0.29, 0.717) is 11.6 Å². The minimum Gasteiger partial charge on any atom is -0.356 e. The fraction of sp³-hybridized carbons (Fsp3) is 0.250. The Morgan fingerprint density at radius 1 is 0.914 bits per heavy atom. The first kappa shape index (κ1) is 22.8. The molecule has 0 bridgehead atoms. The first-order valence-corrected chi connectivity index (χ1v) is 12.0. The van der Waals surface area contributed by atoms with E-state index in [9.17, 15) is 4.79 Å². The maximum atomic E-state index is 12.4. The minimum absolute atomic E-state index is 0.126. The van der Waals surface area contributed by atoms with Crippen molar-refractivity contribution in [3.63, 3.8) is 0 Å². The Morgan fingerprint density at radius 2 is 1.63 bits per heavy atom. The van der Waals surface area contributed by atoms with E-state index in [4.69, 9.17) is 4.98 Å². The van der Waals surface area contributed by atoms with Crippen molar-refractivity contribution < 1.29 is 4.79 Å². The summed E-state index contributed by atoms with van der Waals surface area (Å²) in [5.74, 6) is 0.858. The molecule has 0 spiro atoms. The molecule has 2 aromatic heterocycles. The Bertz CT molecular complexity index is 1300. The van der Waals surface area contributed by atoms with Crippen molar-refractivity contribution in [2.75, 3.05) is 42.7 Å². The molecule has 7 nitrogen and oxygen atoms in total. The highest BCUT2D eigenvalue weighted by Crippen LogP contribution is 2.28. The van der Waals surface area contributed by atoms with E-state index in [1.165, 1.54) is 0 Å². The van der Waals surface area contributed by atoms with Crippen molar-refractivity contribution in [1.29, 1.82) is 0 Å². The Hall–Kier alpha value is -3.97. The Labute approximate surface area is 205 Å². The molecule has 0 radical (unpaired) electrons. The number of nitrogens with zero attached hydrogens (tertiary/aromatic N) is 4. The number of pyridine rings is 2. The Morgan fingerprint density at radius 3 is 2.34 bits per heavy atom. The SMILES string of the molecule is CN(C)C1CCN(c2ccc3c(Nc4ccc(NC(=O)c5ccccc5)cc4)ccnc3n2)CC1. The van der Waals surface area contributed by atoms with Gasteiger partial charge < -0.3 is 20.4 Å². The second-order valence-corrected chi connectivity index (χ2v) is 9.10. The predicted octanol–water partition coefficient (Wildman–Crippen LogP) is 5.16. The lowest BCUT2D eigenvalue weighted by molar-refractivity contribution is 0.102. The van der Waals surface area contributed by atoms with Gasteiger partial charge in [-0.3, -0.25) is 4.79 Å². The highest BCUT2D eigenvalue weighted by atomic mass is 16.1. The maximum absolute atomic E-state index is 12.4. The van der Waals surface area contributed by atoms with Gasteiger partial charge in [0.15, 0.2) is 5.65 Å². The fourth-order valence-corrected chi connectivity index (χ4v) is 4.50. The van der Waals surface area contributed by atoms with Gasteiger partial charge in [-0.1, -0.05) is 18.2 Å². The summed E-state index contributed by atoms with van der Waals surface area (Å²) in [4.78, 5) is 26.4. The van der Waals surface area contributed by atoms with Crippen LogP contribution in [0.3, 0.4) is 0 Å². The molecule has 0 saturated carbocycles. The molecular formula is C28H30N6O. The second kappa shape index (κ2) is 10.1. The molecule has 1 aliphatic heterocycles. The maximum Gasteiger partial charge on any atom is 0.255 e. The number of amides is 1. The molecule has 0 unspecified atom stereocenters. The molecule has 3 heterocycles. The van der Waals surface area contributed by atoms with Crippen LogP contribution >= 0.6 is 0 Å². The van der Waals surface area contributed by atoms with Crippen LogP contribution in [0.25, 0.3) is 11.0 Å². The van der Waals surface area contributed by atoms with Crippen molar-refractivity contribution >= 4 is 39.8 Å². The summed E-state index contributed by atoms with van der Waals surface area (Å²) >= 11 is 0. The van der Waals surface area contributed by atoms with Crippen molar-refractivity contribution in [2.24, 2.45) is 0 Å². The van der Waals surface area contributed by atoms with E-state index in [2.05, 4.69) is 51.6 Å². The highest BCUT2D eigenvalue weighted by molar-refractivity contribution is 6.04. The average molecular weight is 467 g/mol. The molecule has 0 aliphatic carbocycles. The lowest BCUT2D eigenvalue weighted by Crippen LogP contribution is -2.42. The monoisotopic (exact) mass is 466 g/mol. The molecule has 1 fully saturated rings. The molecule has 4 aromatic rings. The largest absolute Gasteiger partial charge is 0.356 e. The standard InChI is InChI=1S/C28H30N6O/c1-33(2)23-15-18-34(19-16-23)26-13-12-24-25(14-17-29-27(24)32-26)30-21-8-10-22(11-9-21)31-28(35)20-6-4-3-5-7-20/h3-14,17,23H,15-16,18-19H2,1-2H3,(H,31,35)(H,29,30,32). The van der Waals surface area contributed by atoms with E-state index in [0.717, 1.165) is 59.8 Å². The van der Waals surface area contributed by atoms with Crippen LogP contribution in [0.2, 0.25) is 0 Å². The molecule has 1 amide bonds. The average Bonchev–Trinajstić information content (AvgIpc) is 2.90. The number of carbonyl (C=O) groups excluding carboxylic acids is 1. The van der Waals surface area contributed by atoms with Gasteiger partial charge in [0.05, 0.1) is 5.69 Å². The molecule has 5 rings (SSSR count). The van der Waals surface area contributed by atoms with Crippen LogP contribution in [0.5, 0.6) is 0 Å². The molecule has 0 atom stereocenters. The summed E-state index contributed by atoms with van der Waals surface area (Å²) in [5.41, 5.74) is 3.97. The number of piperidine rings is 1. The minimum atomic E-state index is -0.126. The smallest absolute Gasteiger partial charge is 0.255 e. The zero-order valence-electron chi connectivity index (χ0n) is 20.1. The van der Waals surface area contributed by atoms with Crippen molar-refractivity contribution in [3.05, 3.63) is 84.6 Å². The molecule has 7 heteroatoms. The number of hydrogen-bond acceptors (Lipinski definition) is 6. The summed E-state index contributed by atoms with van der Waals surface area (Å²) < 4.78 is 0. The van der Waals surface area contributed by atoms with Crippen LogP contribution in [0.4, 0.5) is 22.9 Å². The van der Waals surface area contributed by atoms with Gasteiger partial charge in [-0.05, 0) is 81.5 Å². The number of fused-ring (bicyclic) bond motifs is 1. The summed E-state index contributed by atoms with van der Waals surface area (Å²) in [5, 5.41) is 7.37. The third kappa shape index (κ3) is 5.25. The van der Waals surface area contributed by atoms with Gasteiger partial charge in [-0.2, -0.15) is 0 Å². The molecule has 2 aromatic carbocycles. The Kier molecular flexibility index (Phi) is 6.59. The fourth-order valence-electron chi connectivity index (χ4n) is 4.50. The van der Waals surface area contributed by atoms with Crippen molar-refractivity contribution in [2.45, 2.75) is 18.9 Å². The number of carbonyl (C=O) groups is 1. The van der Waals surface area contributed by atoms with E-state index >= 15 is 0 Å². The Balaban J connectivity index is 1.27. The van der Waals surface area contributed by atoms with Crippen LogP contribution in [-0.2, 0) is 0 Å². The molecule has 178 valence electrons. The molecule has 35 heavy (non-hydrogen) atoms. The second-order valence-electron chi connectivity index (χ2n) is 9.10. The van der Waals surface area contributed by atoms with Crippen molar-refractivity contribution in [1.82, 2.24) is 14.9 Å². The van der Waals surface area contributed by atoms with E-state index in [1.54, 1.807) is 18.3 Å². The van der Waals surface area contributed by atoms with Gasteiger partial charge in [0.2, 0.25) is 0 Å². The van der Waals surface area contributed by atoms with Gasteiger partial charge in [-0.15, -0.1) is 0 Å².